The van der Waals surface area contributed by atoms with Gasteiger partial charge in [0.15, 0.2) is 0 Å². The van der Waals surface area contributed by atoms with E-state index >= 15 is 0 Å². The van der Waals surface area contributed by atoms with E-state index in [2.05, 4.69) is 41.9 Å². The van der Waals surface area contributed by atoms with Gasteiger partial charge < -0.3 is 36.2 Å². The number of aromatic nitrogens is 2. The molecule has 0 spiro atoms. The second-order valence-corrected chi connectivity index (χ2v) is 23.0. The fourth-order valence-corrected chi connectivity index (χ4v) is 12.0. The molecule has 1 aromatic heterocycles. The second-order valence-electron chi connectivity index (χ2n) is 23.0. The van der Waals surface area contributed by atoms with Crippen LogP contribution in [0.3, 0.4) is 0 Å². The van der Waals surface area contributed by atoms with E-state index in [-0.39, 0.29) is 78.7 Å². The molecule has 5 fully saturated rings. The highest BCUT2D eigenvalue weighted by molar-refractivity contribution is 6.38. The number of carbonyl (C=O) groups excluding carboxylic acids is 11. The molecule has 6 aliphatic rings. The van der Waals surface area contributed by atoms with Crippen molar-refractivity contribution in [2.24, 2.45) is 23.2 Å². The third-order valence-corrected chi connectivity index (χ3v) is 16.2. The molecule has 3 aromatic rings. The number of rotatable bonds is 20. The number of nitrogens with zero attached hydrogens (tertiary/aromatic N) is 4. The molecule has 79 heavy (non-hydrogen) atoms. The lowest BCUT2D eigenvalue weighted by molar-refractivity contribution is -0.146. The highest BCUT2D eigenvalue weighted by Crippen LogP contribution is 2.43. The standard InChI is InChI=1S/C57H70N10O12/c1-5-12-38(46(69)53(75)61-33-19-20-33)62-52(74)45-35-17-10-16-32(35)29-66(45)56(78)47(57(2,3)4)65-51(73)44(30-13-7-6-8-14-30)64-49(71)40-28-59-39(27-60-40)48(70)58-23-11-24-79-34-25-31-15-9-18-36-43(31)37(26-34)55(77)67(54(36)76)41-21-22-42(68)63-50(41)72/h9,15,18,25-28,30,32-33,35,38,41,44-45,47H,5-8,10-14,16-17,19-24,29H2,1-4H3,(H,58,70)(H,61,75)(H,62,74)(H,64,71)(H,65,73)(H,63,68,72)/t32-,35?,38-,41?,44-,45-,47+/m0/s1. The van der Waals surface area contributed by atoms with E-state index < -0.39 is 100 Å². The summed E-state index contributed by atoms with van der Waals surface area (Å²) >= 11 is 0. The van der Waals surface area contributed by atoms with Gasteiger partial charge in [-0.05, 0) is 105 Å². The number of hydrogen-bond donors (Lipinski definition) is 6. The Kier molecular flexibility index (Phi) is 16.9. The minimum atomic E-state index is -1.14. The molecule has 420 valence electrons. The van der Waals surface area contributed by atoms with Gasteiger partial charge >= 0.3 is 0 Å². The van der Waals surface area contributed by atoms with Crippen molar-refractivity contribution in [1.82, 2.24) is 51.7 Å². The highest BCUT2D eigenvalue weighted by Gasteiger charge is 2.53. The van der Waals surface area contributed by atoms with Crippen LogP contribution in [0.2, 0.25) is 0 Å². The van der Waals surface area contributed by atoms with Crippen LogP contribution in [-0.4, -0.2) is 141 Å². The number of benzene rings is 2. The summed E-state index contributed by atoms with van der Waals surface area (Å²) in [4.78, 5) is 160. The van der Waals surface area contributed by atoms with E-state index in [0.717, 1.165) is 62.2 Å². The van der Waals surface area contributed by atoms with E-state index in [1.165, 1.54) is 6.07 Å². The van der Waals surface area contributed by atoms with Crippen LogP contribution in [0.5, 0.6) is 5.75 Å². The predicted molar refractivity (Wildman–Crippen MR) is 284 cm³/mol. The normalized spacial score (nSPS) is 22.3. The van der Waals surface area contributed by atoms with Gasteiger partial charge in [-0.15, -0.1) is 0 Å². The van der Waals surface area contributed by atoms with Gasteiger partial charge in [-0.1, -0.05) is 71.9 Å². The van der Waals surface area contributed by atoms with Gasteiger partial charge in [0.2, 0.25) is 35.3 Å². The van der Waals surface area contributed by atoms with Crippen LogP contribution in [0.15, 0.2) is 42.7 Å². The van der Waals surface area contributed by atoms with Crippen molar-refractivity contribution in [3.8, 4) is 5.75 Å². The van der Waals surface area contributed by atoms with Crippen LogP contribution >= 0.6 is 0 Å². The average Bonchev–Trinajstić information content (AvgIpc) is 4.18. The predicted octanol–water partition coefficient (Wildman–Crippen LogP) is 3.20. The van der Waals surface area contributed by atoms with Gasteiger partial charge in [-0.25, -0.2) is 9.97 Å². The molecule has 3 aliphatic carbocycles. The molecule has 2 aromatic carbocycles. The number of ether oxygens (including phenoxy) is 1. The Labute approximate surface area is 457 Å². The Bertz CT molecular complexity index is 2950. The van der Waals surface area contributed by atoms with Crippen molar-refractivity contribution in [1.29, 1.82) is 0 Å². The van der Waals surface area contributed by atoms with E-state index in [1.54, 1.807) is 29.2 Å². The van der Waals surface area contributed by atoms with Crippen molar-refractivity contribution in [2.75, 3.05) is 19.7 Å². The van der Waals surface area contributed by atoms with Crippen LogP contribution in [-0.2, 0) is 33.6 Å². The summed E-state index contributed by atoms with van der Waals surface area (Å²) in [5.74, 6) is -6.79. The molecule has 0 bridgehead atoms. The molecule has 3 aliphatic heterocycles. The van der Waals surface area contributed by atoms with Crippen molar-refractivity contribution in [3.05, 3.63) is 65.2 Å². The van der Waals surface area contributed by atoms with Crippen LogP contribution < -0.4 is 36.6 Å². The van der Waals surface area contributed by atoms with Gasteiger partial charge in [-0.3, -0.25) is 63.0 Å². The van der Waals surface area contributed by atoms with Gasteiger partial charge in [-0.2, -0.15) is 0 Å². The molecular weight excluding hydrogens is 1020 g/mol. The molecule has 10 amide bonds. The van der Waals surface area contributed by atoms with Gasteiger partial charge in [0, 0.05) is 36.5 Å². The molecular formula is C57H70N10O12. The van der Waals surface area contributed by atoms with Gasteiger partial charge in [0.05, 0.1) is 30.6 Å². The topological polar surface area (TPSA) is 301 Å². The summed E-state index contributed by atoms with van der Waals surface area (Å²) in [6.45, 7) is 7.87. The van der Waals surface area contributed by atoms with Gasteiger partial charge in [0.25, 0.3) is 29.5 Å². The van der Waals surface area contributed by atoms with Crippen LogP contribution in [0, 0.1) is 23.2 Å². The first-order chi connectivity index (χ1) is 37.8. The zero-order valence-corrected chi connectivity index (χ0v) is 45.2. The maximum atomic E-state index is 14.9. The van der Waals surface area contributed by atoms with Crippen molar-refractivity contribution in [2.45, 2.75) is 160 Å². The largest absolute Gasteiger partial charge is 0.493 e. The van der Waals surface area contributed by atoms with Crippen LogP contribution in [0.4, 0.5) is 0 Å². The first kappa shape index (κ1) is 56.1. The average molecular weight is 1090 g/mol. The molecule has 22 nitrogen and oxygen atoms in total. The van der Waals surface area contributed by atoms with Crippen molar-refractivity contribution >= 4 is 75.6 Å². The number of imide groups is 2. The first-order valence-electron chi connectivity index (χ1n) is 27.9. The third-order valence-electron chi connectivity index (χ3n) is 16.2. The number of ketones is 1. The van der Waals surface area contributed by atoms with E-state index in [9.17, 15) is 52.7 Å². The zero-order valence-electron chi connectivity index (χ0n) is 45.2. The number of carbonyl (C=O) groups is 11. The molecule has 2 unspecified atom stereocenters. The molecule has 9 rings (SSSR count). The second kappa shape index (κ2) is 23.8. The Morgan fingerprint density at radius 2 is 1.53 bits per heavy atom. The number of amides is 10. The van der Waals surface area contributed by atoms with Crippen molar-refractivity contribution in [3.63, 3.8) is 0 Å². The monoisotopic (exact) mass is 1090 g/mol. The summed E-state index contributed by atoms with van der Waals surface area (Å²) < 4.78 is 5.99. The van der Waals surface area contributed by atoms with Crippen LogP contribution in [0.1, 0.15) is 166 Å². The number of nitrogens with one attached hydrogen (secondary N) is 6. The van der Waals surface area contributed by atoms with E-state index in [0.29, 0.717) is 55.2 Å². The van der Waals surface area contributed by atoms with Crippen molar-refractivity contribution < 1.29 is 57.5 Å². The molecule has 3 saturated carbocycles. The number of hydrogen-bond acceptors (Lipinski definition) is 14. The number of fused-ring (bicyclic) bond motifs is 1. The molecule has 22 heteroatoms. The number of Topliss-reactive ketones (excluding diaryl/α,β-unsaturated/α-hetero) is 1. The minimum Gasteiger partial charge on any atom is -0.493 e. The Morgan fingerprint density at radius 1 is 0.810 bits per heavy atom. The van der Waals surface area contributed by atoms with E-state index in [4.69, 9.17) is 4.74 Å². The summed E-state index contributed by atoms with van der Waals surface area (Å²) in [6, 6.07) is 2.86. The Morgan fingerprint density at radius 3 is 2.22 bits per heavy atom. The fraction of sp³-hybridized carbons (Fsp3) is 0.561. The SMILES string of the molecule is CCC[C@H](NC(=O)[C@@H]1C2CCC[C@H]2CN1C(=O)[C@@H](NC(=O)[C@@H](NC(=O)c1cnc(C(=O)NCCCOc2cc3c4c(cccc4c2)C(=O)N(C2CCC(=O)NC2=O)C3=O)cn1)C1CCCCC1)C(C)(C)C)C(=O)C(=O)NC1CC1. The molecule has 2 saturated heterocycles. The summed E-state index contributed by atoms with van der Waals surface area (Å²) in [5.41, 5.74) is -0.647. The van der Waals surface area contributed by atoms with E-state index in [1.807, 2.05) is 27.7 Å². The minimum absolute atomic E-state index is 0.0110. The zero-order chi connectivity index (χ0) is 56.3. The Hall–Kier alpha value is -7.65. The number of piperidine rings is 1. The maximum absolute atomic E-state index is 14.9. The lowest BCUT2D eigenvalue weighted by atomic mass is 9.82. The molecule has 6 N–H and O–H groups in total. The maximum Gasteiger partial charge on any atom is 0.289 e. The first-order valence-corrected chi connectivity index (χ1v) is 27.9. The summed E-state index contributed by atoms with van der Waals surface area (Å²) in [7, 11) is 0. The molecule has 0 radical (unpaired) electrons. The number of likely N-dealkylation sites (tertiary alicyclic amines) is 1. The molecule has 4 heterocycles. The summed E-state index contributed by atoms with van der Waals surface area (Å²) in [6.07, 6.45) is 11.4. The smallest absolute Gasteiger partial charge is 0.289 e. The quantitative estimate of drug-likeness (QED) is 0.0538. The summed E-state index contributed by atoms with van der Waals surface area (Å²) in [5, 5.41) is 17.4. The van der Waals surface area contributed by atoms with Gasteiger partial charge in [0.1, 0.15) is 41.3 Å². The highest BCUT2D eigenvalue weighted by atomic mass is 16.5. The molecule has 7 atom stereocenters. The lowest BCUT2D eigenvalue weighted by Gasteiger charge is -2.38. The third kappa shape index (κ3) is 12.3. The lowest BCUT2D eigenvalue weighted by Crippen LogP contribution is -2.62. The Balaban J connectivity index is 0.810. The van der Waals surface area contributed by atoms with Crippen LogP contribution in [0.25, 0.3) is 10.8 Å². The fourth-order valence-electron chi connectivity index (χ4n) is 12.0.